The first-order valence-corrected chi connectivity index (χ1v) is 10.7. The van der Waals surface area contributed by atoms with E-state index in [0.29, 0.717) is 12.3 Å². The highest BCUT2D eigenvalue weighted by atomic mass is 32.2. The number of thioether (sulfide) groups is 1. The van der Waals surface area contributed by atoms with Gasteiger partial charge in [0.2, 0.25) is 0 Å². The smallest absolute Gasteiger partial charge is 0.319 e. The van der Waals surface area contributed by atoms with E-state index in [2.05, 4.69) is 39.9 Å². The molecule has 0 fully saturated rings. The van der Waals surface area contributed by atoms with Gasteiger partial charge in [-0.3, -0.25) is 0 Å². The normalized spacial score (nSPS) is 10.5. The Labute approximate surface area is 180 Å². The molecular formula is C24H22N4OS. The van der Waals surface area contributed by atoms with Crippen molar-refractivity contribution in [3.63, 3.8) is 0 Å². The van der Waals surface area contributed by atoms with Crippen LogP contribution in [0.3, 0.4) is 0 Å². The minimum Gasteiger partial charge on any atom is -0.337 e. The lowest BCUT2D eigenvalue weighted by Gasteiger charge is -2.06. The van der Waals surface area contributed by atoms with E-state index < -0.39 is 0 Å². The lowest BCUT2D eigenvalue weighted by molar-refractivity contribution is 0.252. The predicted molar refractivity (Wildman–Crippen MR) is 124 cm³/mol. The van der Waals surface area contributed by atoms with Crippen molar-refractivity contribution in [2.45, 2.75) is 5.16 Å². The zero-order valence-electron chi connectivity index (χ0n) is 16.3. The van der Waals surface area contributed by atoms with Gasteiger partial charge in [0.25, 0.3) is 0 Å². The third kappa shape index (κ3) is 5.10. The number of para-hydroxylation sites is 1. The van der Waals surface area contributed by atoms with Gasteiger partial charge in [-0.1, -0.05) is 90.6 Å². The number of carbonyl (C=O) groups is 1. The van der Waals surface area contributed by atoms with E-state index in [1.54, 1.807) is 11.8 Å². The number of hydrogen-bond acceptors (Lipinski definition) is 3. The molecule has 2 amide bonds. The number of nitrogens with zero attached hydrogens (tertiary/aromatic N) is 1. The van der Waals surface area contributed by atoms with Gasteiger partial charge >= 0.3 is 6.03 Å². The summed E-state index contributed by atoms with van der Waals surface area (Å²) < 4.78 is 0. The minimum atomic E-state index is -0.212. The number of imidazole rings is 1. The molecule has 0 saturated carbocycles. The maximum Gasteiger partial charge on any atom is 0.319 e. The Morgan fingerprint density at radius 1 is 0.833 bits per heavy atom. The van der Waals surface area contributed by atoms with Gasteiger partial charge < -0.3 is 15.6 Å². The first-order valence-electron chi connectivity index (χ1n) is 9.73. The molecule has 0 aliphatic rings. The van der Waals surface area contributed by atoms with Crippen LogP contribution in [0.1, 0.15) is 0 Å². The number of aromatic amines is 1. The molecule has 0 aliphatic carbocycles. The van der Waals surface area contributed by atoms with Crippen molar-refractivity contribution in [1.29, 1.82) is 0 Å². The second-order valence-electron chi connectivity index (χ2n) is 6.59. The molecular weight excluding hydrogens is 392 g/mol. The molecule has 3 N–H and O–H groups in total. The van der Waals surface area contributed by atoms with Crippen molar-refractivity contribution in [3.05, 3.63) is 91.0 Å². The number of nitrogens with one attached hydrogen (secondary N) is 3. The fourth-order valence-corrected chi connectivity index (χ4v) is 3.78. The SMILES string of the molecule is O=C(NCCSc1nc(-c2ccccc2)c(-c2ccccc2)[nH]1)Nc1ccccc1. The van der Waals surface area contributed by atoms with E-state index in [9.17, 15) is 4.79 Å². The first kappa shape index (κ1) is 19.8. The van der Waals surface area contributed by atoms with E-state index >= 15 is 0 Å². The Morgan fingerprint density at radius 2 is 1.43 bits per heavy atom. The summed E-state index contributed by atoms with van der Waals surface area (Å²) in [5, 5.41) is 6.52. The van der Waals surface area contributed by atoms with Crippen LogP contribution < -0.4 is 10.6 Å². The number of amides is 2. The molecule has 5 nitrogen and oxygen atoms in total. The van der Waals surface area contributed by atoms with Crippen LogP contribution >= 0.6 is 11.8 Å². The molecule has 150 valence electrons. The molecule has 1 heterocycles. The summed E-state index contributed by atoms with van der Waals surface area (Å²) in [7, 11) is 0. The van der Waals surface area contributed by atoms with Crippen LogP contribution in [0.2, 0.25) is 0 Å². The number of urea groups is 1. The quantitative estimate of drug-likeness (QED) is 0.270. The zero-order valence-corrected chi connectivity index (χ0v) is 17.2. The number of aromatic nitrogens is 2. The lowest BCUT2D eigenvalue weighted by Crippen LogP contribution is -2.30. The van der Waals surface area contributed by atoms with Crippen LogP contribution in [-0.4, -0.2) is 28.3 Å². The molecule has 0 saturated heterocycles. The Hall–Kier alpha value is -3.51. The van der Waals surface area contributed by atoms with Gasteiger partial charge in [-0.15, -0.1) is 0 Å². The summed E-state index contributed by atoms with van der Waals surface area (Å²) in [5.74, 6) is 0.707. The molecule has 0 unspecified atom stereocenters. The highest BCUT2D eigenvalue weighted by Crippen LogP contribution is 2.32. The van der Waals surface area contributed by atoms with E-state index in [1.807, 2.05) is 66.7 Å². The Morgan fingerprint density at radius 3 is 2.10 bits per heavy atom. The zero-order chi connectivity index (χ0) is 20.6. The number of benzene rings is 3. The summed E-state index contributed by atoms with van der Waals surface area (Å²) in [4.78, 5) is 20.3. The molecule has 3 aromatic carbocycles. The van der Waals surface area contributed by atoms with E-state index in [-0.39, 0.29) is 6.03 Å². The van der Waals surface area contributed by atoms with Gasteiger partial charge in [0.1, 0.15) is 0 Å². The van der Waals surface area contributed by atoms with Crippen LogP contribution in [0.5, 0.6) is 0 Å². The van der Waals surface area contributed by atoms with Gasteiger partial charge in [-0.05, 0) is 12.1 Å². The summed E-state index contributed by atoms with van der Waals surface area (Å²) in [6.45, 7) is 0.533. The van der Waals surface area contributed by atoms with Crippen molar-refractivity contribution in [3.8, 4) is 22.5 Å². The van der Waals surface area contributed by atoms with Gasteiger partial charge in [-0.2, -0.15) is 0 Å². The largest absolute Gasteiger partial charge is 0.337 e. The minimum absolute atomic E-state index is 0.212. The van der Waals surface area contributed by atoms with Crippen LogP contribution in [-0.2, 0) is 0 Å². The van der Waals surface area contributed by atoms with Crippen molar-refractivity contribution in [2.75, 3.05) is 17.6 Å². The van der Waals surface area contributed by atoms with Crippen molar-refractivity contribution in [2.24, 2.45) is 0 Å². The van der Waals surface area contributed by atoms with E-state index in [4.69, 9.17) is 4.98 Å². The Bertz CT molecular complexity index is 1030. The molecule has 4 aromatic rings. The summed E-state index contributed by atoms with van der Waals surface area (Å²) in [6.07, 6.45) is 0. The highest BCUT2D eigenvalue weighted by molar-refractivity contribution is 7.99. The van der Waals surface area contributed by atoms with Crippen molar-refractivity contribution in [1.82, 2.24) is 15.3 Å². The average Bonchev–Trinajstić information content (AvgIpc) is 3.23. The maximum absolute atomic E-state index is 12.0. The number of carbonyl (C=O) groups excluding carboxylic acids is 1. The Balaban J connectivity index is 1.40. The van der Waals surface area contributed by atoms with Crippen LogP contribution in [0, 0.1) is 0 Å². The summed E-state index contributed by atoms with van der Waals surface area (Å²) in [5.41, 5.74) is 4.86. The molecule has 0 aliphatic heterocycles. The molecule has 0 atom stereocenters. The van der Waals surface area contributed by atoms with Crippen molar-refractivity contribution < 1.29 is 4.79 Å². The average molecular weight is 415 g/mol. The van der Waals surface area contributed by atoms with Crippen LogP contribution in [0.25, 0.3) is 22.5 Å². The Kier molecular flexibility index (Phi) is 6.47. The highest BCUT2D eigenvalue weighted by Gasteiger charge is 2.14. The summed E-state index contributed by atoms with van der Waals surface area (Å²) in [6, 6.07) is 29.5. The van der Waals surface area contributed by atoms with Crippen molar-refractivity contribution >= 4 is 23.5 Å². The molecule has 0 spiro atoms. The predicted octanol–water partition coefficient (Wildman–Crippen LogP) is 5.66. The van der Waals surface area contributed by atoms with Gasteiger partial charge in [0.15, 0.2) is 5.16 Å². The fraction of sp³-hybridized carbons (Fsp3) is 0.0833. The molecule has 0 radical (unpaired) electrons. The standard InChI is InChI=1S/C24H22N4OS/c29-23(26-20-14-8-3-9-15-20)25-16-17-30-24-27-21(18-10-4-1-5-11-18)22(28-24)19-12-6-2-7-13-19/h1-15H,16-17H2,(H,27,28)(H2,25,26,29). The summed E-state index contributed by atoms with van der Waals surface area (Å²) >= 11 is 1.58. The van der Waals surface area contributed by atoms with E-state index in [1.165, 1.54) is 0 Å². The topological polar surface area (TPSA) is 69.8 Å². The third-order valence-corrected chi connectivity index (χ3v) is 5.32. The van der Waals surface area contributed by atoms with Gasteiger partial charge in [0, 0.05) is 29.1 Å². The number of hydrogen-bond donors (Lipinski definition) is 3. The lowest BCUT2D eigenvalue weighted by atomic mass is 10.1. The monoisotopic (exact) mass is 414 g/mol. The molecule has 1 aromatic heterocycles. The number of anilines is 1. The third-order valence-electron chi connectivity index (χ3n) is 4.45. The second-order valence-corrected chi connectivity index (χ2v) is 7.68. The van der Waals surface area contributed by atoms with Gasteiger partial charge in [0.05, 0.1) is 11.4 Å². The first-order chi connectivity index (χ1) is 14.8. The van der Waals surface area contributed by atoms with Crippen LogP contribution in [0.4, 0.5) is 10.5 Å². The van der Waals surface area contributed by atoms with E-state index in [0.717, 1.165) is 33.4 Å². The maximum atomic E-state index is 12.0. The van der Waals surface area contributed by atoms with Gasteiger partial charge in [-0.25, -0.2) is 9.78 Å². The molecule has 6 heteroatoms. The fourth-order valence-electron chi connectivity index (χ4n) is 3.05. The molecule has 0 bridgehead atoms. The molecule has 30 heavy (non-hydrogen) atoms. The second kappa shape index (κ2) is 9.80. The molecule has 4 rings (SSSR count). The van der Waals surface area contributed by atoms with Crippen LogP contribution in [0.15, 0.2) is 96.2 Å². The number of rotatable bonds is 7. The number of H-pyrrole nitrogens is 1.